The van der Waals surface area contributed by atoms with Crippen LogP contribution >= 0.6 is 33.5 Å². The van der Waals surface area contributed by atoms with Crippen molar-refractivity contribution in [2.75, 3.05) is 19.5 Å². The van der Waals surface area contributed by atoms with Gasteiger partial charge in [0.25, 0.3) is 0 Å². The van der Waals surface area contributed by atoms with E-state index in [1.165, 1.54) is 17.6 Å². The van der Waals surface area contributed by atoms with E-state index < -0.39 is 18.2 Å². The van der Waals surface area contributed by atoms with Gasteiger partial charge < -0.3 is 0 Å². The summed E-state index contributed by atoms with van der Waals surface area (Å²) in [6.07, 6.45) is 1.26. The van der Waals surface area contributed by atoms with Gasteiger partial charge in [-0.25, -0.2) is 12.1 Å². The molecule has 2 rings (SSSR count). The summed E-state index contributed by atoms with van der Waals surface area (Å²) in [6, 6.07) is 20.7. The second-order valence-corrected chi connectivity index (χ2v) is 18.2. The SMILES string of the molecule is C[C-](CP(C)C)c1ccccc1.[Cl][Zr]([Cl])[Cl].c1cc[cH-]c1. The van der Waals surface area contributed by atoms with Gasteiger partial charge in [-0.3, -0.25) is 0 Å². The van der Waals surface area contributed by atoms with Crippen LogP contribution in [0.3, 0.4) is 0 Å². The average Bonchev–Trinajstić information content (AvgIpc) is 2.97. The molecule has 0 heterocycles. The third kappa shape index (κ3) is 15.3. The van der Waals surface area contributed by atoms with E-state index in [0.29, 0.717) is 0 Å². The summed E-state index contributed by atoms with van der Waals surface area (Å²) in [5.41, 5.74) is 1.40. The quantitative estimate of drug-likeness (QED) is 0.361. The molecule has 21 heavy (non-hydrogen) atoms. The standard InChI is InChI=1S/C11H16P.C5H5.3ClH.Zr/c1-10(9-12(2)3)11-7-5-4-6-8-11;1-2-4-5-3-1;;;;/h4-8H,9H2,1-3H3;1-5H;3*1H;/q2*-1;;;;+3/p-3. The largest absolute Gasteiger partial charge is 0.214 e. The molecule has 0 N–H and O–H groups in total. The molecule has 0 aliphatic carbocycles. The number of benzene rings is 1. The van der Waals surface area contributed by atoms with Gasteiger partial charge in [-0.1, -0.05) is 19.2 Å². The van der Waals surface area contributed by atoms with Gasteiger partial charge in [0.1, 0.15) is 0 Å². The molecule has 0 spiro atoms. The maximum atomic E-state index is 5.00. The first-order chi connectivity index (χ1) is 9.93. The Morgan fingerprint density at radius 1 is 1.00 bits per heavy atom. The molecule has 0 bridgehead atoms. The van der Waals surface area contributed by atoms with E-state index in [1.54, 1.807) is 0 Å². The van der Waals surface area contributed by atoms with Crippen molar-refractivity contribution in [2.24, 2.45) is 0 Å². The minimum atomic E-state index is -2.13. The predicted octanol–water partition coefficient (Wildman–Crippen LogP) is 6.84. The summed E-state index contributed by atoms with van der Waals surface area (Å²) >= 11 is -2.13. The van der Waals surface area contributed by atoms with Crippen molar-refractivity contribution >= 4 is 33.5 Å². The third-order valence-electron chi connectivity index (χ3n) is 2.38. The Kier molecular flexibility index (Phi) is 14.7. The summed E-state index contributed by atoms with van der Waals surface area (Å²) in [4.78, 5) is 0. The zero-order valence-corrected chi connectivity index (χ0v) is 18.2. The summed E-state index contributed by atoms with van der Waals surface area (Å²) in [7, 11) is 15.2. The van der Waals surface area contributed by atoms with Gasteiger partial charge in [-0.05, 0) is 13.3 Å². The van der Waals surface area contributed by atoms with Crippen molar-refractivity contribution in [1.29, 1.82) is 0 Å². The van der Waals surface area contributed by atoms with Crippen LogP contribution in [-0.2, 0) is 18.2 Å². The van der Waals surface area contributed by atoms with E-state index in [-0.39, 0.29) is 7.92 Å². The molecular weight excluding hydrogens is 421 g/mol. The second-order valence-electron chi connectivity index (χ2n) is 4.56. The van der Waals surface area contributed by atoms with E-state index in [9.17, 15) is 0 Å². The van der Waals surface area contributed by atoms with Crippen molar-refractivity contribution < 1.29 is 18.2 Å². The molecule has 0 aromatic heterocycles. The number of hydrogen-bond acceptors (Lipinski definition) is 0. The van der Waals surface area contributed by atoms with Crippen LogP contribution in [0.4, 0.5) is 0 Å². The summed E-state index contributed by atoms with van der Waals surface area (Å²) in [5, 5.41) is 0. The maximum absolute atomic E-state index is 5.00. The monoisotopic (exact) mass is 439 g/mol. The normalized spacial score (nSPS) is 9.10. The van der Waals surface area contributed by atoms with E-state index in [4.69, 9.17) is 25.5 Å². The molecule has 117 valence electrons. The first-order valence-corrected chi connectivity index (χ1v) is 18.4. The maximum Gasteiger partial charge on any atom is -0.172 e. The zero-order chi connectivity index (χ0) is 16.1. The molecule has 0 amide bonds. The van der Waals surface area contributed by atoms with Crippen LogP contribution in [-0.4, -0.2) is 19.5 Å². The Hall–Kier alpha value is 0.623. The van der Waals surface area contributed by atoms with Crippen molar-refractivity contribution in [3.63, 3.8) is 0 Å². The van der Waals surface area contributed by atoms with Crippen LogP contribution in [0.5, 0.6) is 0 Å². The third-order valence-corrected chi connectivity index (χ3v) is 3.48. The number of halogens is 3. The molecule has 0 atom stereocenters. The fraction of sp³-hybridized carbons (Fsp3) is 0.250. The fourth-order valence-corrected chi connectivity index (χ4v) is 2.74. The molecule has 0 fully saturated rings. The van der Waals surface area contributed by atoms with Crippen molar-refractivity contribution in [3.05, 3.63) is 72.1 Å². The van der Waals surface area contributed by atoms with E-state index in [1.807, 2.05) is 30.3 Å². The minimum absolute atomic E-state index is 0.199. The minimum Gasteiger partial charge on any atom is -0.214 e. The first-order valence-electron chi connectivity index (χ1n) is 6.46. The van der Waals surface area contributed by atoms with Gasteiger partial charge in [0.05, 0.1) is 0 Å². The van der Waals surface area contributed by atoms with Crippen LogP contribution in [0.1, 0.15) is 12.5 Å². The molecule has 2 aromatic carbocycles. The van der Waals surface area contributed by atoms with Gasteiger partial charge in [0.15, 0.2) is 0 Å². The number of rotatable bonds is 3. The Morgan fingerprint density at radius 3 is 1.81 bits per heavy atom. The van der Waals surface area contributed by atoms with Gasteiger partial charge in [0.2, 0.25) is 0 Å². The molecule has 0 saturated carbocycles. The van der Waals surface area contributed by atoms with E-state index in [2.05, 4.69) is 50.6 Å². The molecular formula is C16H21Cl3PZr-2. The summed E-state index contributed by atoms with van der Waals surface area (Å²) < 4.78 is 0. The molecule has 0 aliphatic heterocycles. The van der Waals surface area contributed by atoms with Crippen molar-refractivity contribution in [3.8, 4) is 0 Å². The molecule has 0 saturated heterocycles. The van der Waals surface area contributed by atoms with Crippen molar-refractivity contribution in [2.45, 2.75) is 6.92 Å². The van der Waals surface area contributed by atoms with Gasteiger partial charge in [-0.15, -0.1) is 20.1 Å². The Morgan fingerprint density at radius 2 is 1.48 bits per heavy atom. The van der Waals surface area contributed by atoms with Crippen LogP contribution in [0.25, 0.3) is 0 Å². The Bertz CT molecular complexity index is 398. The van der Waals surface area contributed by atoms with Gasteiger partial charge >= 0.3 is 43.7 Å². The van der Waals surface area contributed by atoms with Crippen LogP contribution in [0, 0.1) is 5.92 Å². The molecule has 0 nitrogen and oxygen atoms in total. The van der Waals surface area contributed by atoms with Crippen LogP contribution in [0.15, 0.2) is 60.7 Å². The average molecular weight is 442 g/mol. The van der Waals surface area contributed by atoms with Crippen LogP contribution in [0.2, 0.25) is 0 Å². The number of hydrogen-bond donors (Lipinski definition) is 0. The Labute approximate surface area is 149 Å². The predicted molar refractivity (Wildman–Crippen MR) is 97.7 cm³/mol. The second kappa shape index (κ2) is 14.2. The zero-order valence-electron chi connectivity index (χ0n) is 12.6. The summed E-state index contributed by atoms with van der Waals surface area (Å²) in [5.74, 6) is 1.52. The van der Waals surface area contributed by atoms with Gasteiger partial charge in [-0.2, -0.15) is 41.8 Å². The molecule has 0 unspecified atom stereocenters. The topological polar surface area (TPSA) is 0 Å². The molecule has 0 radical (unpaired) electrons. The first kappa shape index (κ1) is 21.6. The summed E-state index contributed by atoms with van der Waals surface area (Å²) in [6.45, 7) is 6.88. The van der Waals surface area contributed by atoms with Crippen LogP contribution < -0.4 is 0 Å². The smallest absolute Gasteiger partial charge is 0.172 e. The van der Waals surface area contributed by atoms with E-state index >= 15 is 0 Å². The molecule has 0 aliphatic rings. The van der Waals surface area contributed by atoms with Gasteiger partial charge in [0, 0.05) is 0 Å². The van der Waals surface area contributed by atoms with E-state index in [0.717, 1.165) is 0 Å². The Balaban J connectivity index is 0.000000364. The molecule has 2 aromatic rings. The van der Waals surface area contributed by atoms with Crippen molar-refractivity contribution in [1.82, 2.24) is 0 Å². The molecule has 5 heteroatoms. The fourth-order valence-electron chi connectivity index (χ4n) is 1.61.